The number of hydrogen-bond acceptors (Lipinski definition) is 2. The molecule has 0 unspecified atom stereocenters. The lowest BCUT2D eigenvalue weighted by molar-refractivity contribution is -0.136. The topological polar surface area (TPSA) is 66.4 Å². The number of carboxylic acids is 1. The van der Waals surface area contributed by atoms with E-state index in [4.69, 9.17) is 5.11 Å². The zero-order chi connectivity index (χ0) is 17.7. The van der Waals surface area contributed by atoms with Crippen molar-refractivity contribution < 1.29 is 14.7 Å². The van der Waals surface area contributed by atoms with Crippen LogP contribution in [0.15, 0.2) is 48.5 Å². The van der Waals surface area contributed by atoms with Crippen molar-refractivity contribution in [2.24, 2.45) is 0 Å². The second kappa shape index (κ2) is 7.30. The molecule has 2 aromatic carbocycles. The predicted octanol–water partition coefficient (Wildman–Crippen LogP) is 4.25. The molecule has 0 saturated heterocycles. The van der Waals surface area contributed by atoms with E-state index in [1.165, 1.54) is 0 Å². The Morgan fingerprint density at radius 1 is 1.04 bits per heavy atom. The van der Waals surface area contributed by atoms with E-state index in [0.29, 0.717) is 17.7 Å². The number of aryl methyl sites for hydroxylation is 1. The van der Waals surface area contributed by atoms with Gasteiger partial charge in [0.15, 0.2) is 0 Å². The molecule has 0 radical (unpaired) electrons. The van der Waals surface area contributed by atoms with Crippen LogP contribution in [0.5, 0.6) is 0 Å². The first-order valence-corrected chi connectivity index (χ1v) is 7.99. The van der Waals surface area contributed by atoms with Gasteiger partial charge in [-0.25, -0.2) is 0 Å². The molecule has 2 N–H and O–H groups in total. The Bertz CT molecular complexity index is 745. The predicted molar refractivity (Wildman–Crippen MR) is 95.5 cm³/mol. The van der Waals surface area contributed by atoms with Crippen LogP contribution in [0.1, 0.15) is 48.7 Å². The van der Waals surface area contributed by atoms with Gasteiger partial charge in [-0.1, -0.05) is 51.1 Å². The fourth-order valence-electron chi connectivity index (χ4n) is 2.59. The SMILES string of the molecule is CC(C)(C)c1ccccc1C(=O)Nc1cccc(CCC(=O)O)c1. The van der Waals surface area contributed by atoms with Crippen LogP contribution in [0.2, 0.25) is 0 Å². The number of amides is 1. The molecule has 126 valence electrons. The maximum absolute atomic E-state index is 12.7. The first-order valence-electron chi connectivity index (χ1n) is 7.99. The lowest BCUT2D eigenvalue weighted by Crippen LogP contribution is -2.20. The summed E-state index contributed by atoms with van der Waals surface area (Å²) in [5, 5.41) is 11.7. The summed E-state index contributed by atoms with van der Waals surface area (Å²) < 4.78 is 0. The van der Waals surface area contributed by atoms with Crippen LogP contribution in [0.4, 0.5) is 5.69 Å². The molecule has 0 aromatic heterocycles. The minimum Gasteiger partial charge on any atom is -0.481 e. The molecule has 0 spiro atoms. The molecule has 4 heteroatoms. The third-order valence-electron chi connectivity index (χ3n) is 3.79. The van der Waals surface area contributed by atoms with Crippen molar-refractivity contribution in [3.05, 3.63) is 65.2 Å². The van der Waals surface area contributed by atoms with E-state index < -0.39 is 5.97 Å². The van der Waals surface area contributed by atoms with Gasteiger partial charge in [-0.15, -0.1) is 0 Å². The number of hydrogen-bond donors (Lipinski definition) is 2. The number of carbonyl (C=O) groups excluding carboxylic acids is 1. The third-order valence-corrected chi connectivity index (χ3v) is 3.79. The number of benzene rings is 2. The third kappa shape index (κ3) is 4.69. The molecular formula is C20H23NO3. The maximum Gasteiger partial charge on any atom is 0.303 e. The van der Waals surface area contributed by atoms with E-state index in [9.17, 15) is 9.59 Å². The minimum absolute atomic E-state index is 0.0737. The molecule has 0 aliphatic rings. The summed E-state index contributed by atoms with van der Waals surface area (Å²) in [4.78, 5) is 23.3. The largest absolute Gasteiger partial charge is 0.481 e. The summed E-state index contributed by atoms with van der Waals surface area (Å²) in [5.74, 6) is -0.987. The molecule has 1 amide bonds. The molecule has 0 aliphatic carbocycles. The van der Waals surface area contributed by atoms with Gasteiger partial charge in [0.25, 0.3) is 5.91 Å². The average Bonchev–Trinajstić information content (AvgIpc) is 2.52. The summed E-state index contributed by atoms with van der Waals surface area (Å²) in [7, 11) is 0. The van der Waals surface area contributed by atoms with Gasteiger partial charge in [0.1, 0.15) is 0 Å². The molecule has 0 bridgehead atoms. The van der Waals surface area contributed by atoms with Crippen molar-refractivity contribution in [1.29, 1.82) is 0 Å². The van der Waals surface area contributed by atoms with Crippen molar-refractivity contribution in [1.82, 2.24) is 0 Å². The summed E-state index contributed by atoms with van der Waals surface area (Å²) in [6.45, 7) is 6.23. The smallest absolute Gasteiger partial charge is 0.303 e. The highest BCUT2D eigenvalue weighted by atomic mass is 16.4. The number of rotatable bonds is 5. The van der Waals surface area contributed by atoms with Crippen LogP contribution < -0.4 is 5.32 Å². The molecule has 2 rings (SSSR count). The van der Waals surface area contributed by atoms with Crippen LogP contribution in [-0.4, -0.2) is 17.0 Å². The lowest BCUT2D eigenvalue weighted by atomic mass is 9.83. The Kier molecular flexibility index (Phi) is 5.39. The lowest BCUT2D eigenvalue weighted by Gasteiger charge is -2.22. The van der Waals surface area contributed by atoms with Gasteiger partial charge in [0.2, 0.25) is 0 Å². The van der Waals surface area contributed by atoms with Gasteiger partial charge in [-0.05, 0) is 41.2 Å². The summed E-state index contributed by atoms with van der Waals surface area (Å²) in [6, 6.07) is 14.9. The van der Waals surface area contributed by atoms with Crippen molar-refractivity contribution in [2.45, 2.75) is 39.0 Å². The van der Waals surface area contributed by atoms with Crippen molar-refractivity contribution in [3.63, 3.8) is 0 Å². The highest BCUT2D eigenvalue weighted by molar-refractivity contribution is 6.05. The molecule has 0 atom stereocenters. The van der Waals surface area contributed by atoms with Gasteiger partial charge in [0, 0.05) is 17.7 Å². The number of carbonyl (C=O) groups is 2. The Morgan fingerprint density at radius 2 is 1.75 bits per heavy atom. The van der Waals surface area contributed by atoms with E-state index in [0.717, 1.165) is 11.1 Å². The van der Waals surface area contributed by atoms with Gasteiger partial charge in [-0.2, -0.15) is 0 Å². The fourth-order valence-corrected chi connectivity index (χ4v) is 2.59. The summed E-state index contributed by atoms with van der Waals surface area (Å²) in [6.07, 6.45) is 0.516. The number of aliphatic carboxylic acids is 1. The van der Waals surface area contributed by atoms with E-state index in [1.54, 1.807) is 0 Å². The van der Waals surface area contributed by atoms with E-state index in [1.807, 2.05) is 48.5 Å². The molecule has 2 aromatic rings. The number of carboxylic acid groups (broad SMARTS) is 1. The second-order valence-corrected chi connectivity index (χ2v) is 6.84. The summed E-state index contributed by atoms with van der Waals surface area (Å²) >= 11 is 0. The Morgan fingerprint density at radius 3 is 2.42 bits per heavy atom. The minimum atomic E-state index is -0.830. The first kappa shape index (κ1) is 17.7. The number of anilines is 1. The molecular weight excluding hydrogens is 302 g/mol. The molecule has 24 heavy (non-hydrogen) atoms. The maximum atomic E-state index is 12.7. The zero-order valence-corrected chi connectivity index (χ0v) is 14.3. The summed E-state index contributed by atoms with van der Waals surface area (Å²) in [5.41, 5.74) is 3.08. The number of nitrogens with one attached hydrogen (secondary N) is 1. The molecule has 0 saturated carbocycles. The van der Waals surface area contributed by atoms with Crippen molar-refractivity contribution >= 4 is 17.6 Å². The molecule has 4 nitrogen and oxygen atoms in total. The molecule has 0 aliphatic heterocycles. The monoisotopic (exact) mass is 325 g/mol. The normalized spacial score (nSPS) is 11.1. The van der Waals surface area contributed by atoms with Gasteiger partial charge < -0.3 is 10.4 Å². The van der Waals surface area contributed by atoms with E-state index in [2.05, 4.69) is 26.1 Å². The quantitative estimate of drug-likeness (QED) is 0.863. The van der Waals surface area contributed by atoms with Crippen LogP contribution in [0.25, 0.3) is 0 Å². The van der Waals surface area contributed by atoms with Crippen LogP contribution in [-0.2, 0) is 16.6 Å². The standard InChI is InChI=1S/C20H23NO3/c1-20(2,3)17-10-5-4-9-16(17)19(24)21-15-8-6-7-14(13-15)11-12-18(22)23/h4-10,13H,11-12H2,1-3H3,(H,21,24)(H,22,23). The Hall–Kier alpha value is -2.62. The van der Waals surface area contributed by atoms with E-state index in [-0.39, 0.29) is 17.7 Å². The fraction of sp³-hybridized carbons (Fsp3) is 0.300. The Labute approximate surface area is 142 Å². The van der Waals surface area contributed by atoms with Crippen molar-refractivity contribution in [3.8, 4) is 0 Å². The highest BCUT2D eigenvalue weighted by Gasteiger charge is 2.21. The van der Waals surface area contributed by atoms with Gasteiger partial charge in [0.05, 0.1) is 0 Å². The van der Waals surface area contributed by atoms with E-state index >= 15 is 0 Å². The van der Waals surface area contributed by atoms with Crippen LogP contribution in [0, 0.1) is 0 Å². The van der Waals surface area contributed by atoms with Gasteiger partial charge >= 0.3 is 5.97 Å². The highest BCUT2D eigenvalue weighted by Crippen LogP contribution is 2.26. The average molecular weight is 325 g/mol. The molecule has 0 fully saturated rings. The molecule has 0 heterocycles. The van der Waals surface area contributed by atoms with Crippen LogP contribution in [0.3, 0.4) is 0 Å². The zero-order valence-electron chi connectivity index (χ0n) is 14.3. The van der Waals surface area contributed by atoms with Crippen LogP contribution >= 0.6 is 0 Å². The van der Waals surface area contributed by atoms with Gasteiger partial charge in [-0.3, -0.25) is 9.59 Å². The first-order chi connectivity index (χ1) is 11.3. The second-order valence-electron chi connectivity index (χ2n) is 6.84. The Balaban J connectivity index is 2.19. The van der Waals surface area contributed by atoms with Crippen molar-refractivity contribution in [2.75, 3.05) is 5.32 Å².